The van der Waals surface area contributed by atoms with Crippen LogP contribution in [0.1, 0.15) is 36.6 Å². The van der Waals surface area contributed by atoms with Crippen molar-refractivity contribution < 1.29 is 8.42 Å². The van der Waals surface area contributed by atoms with Gasteiger partial charge in [-0.2, -0.15) is 0 Å². The molecule has 0 aliphatic carbocycles. The van der Waals surface area contributed by atoms with Crippen molar-refractivity contribution in [1.29, 1.82) is 0 Å². The molecule has 2 unspecified atom stereocenters. The molecule has 2 rings (SSSR count). The molecule has 5 nitrogen and oxygen atoms in total. The lowest BCUT2D eigenvalue weighted by Crippen LogP contribution is -2.40. The van der Waals surface area contributed by atoms with Gasteiger partial charge in [-0.05, 0) is 49.8 Å². The van der Waals surface area contributed by atoms with Crippen molar-refractivity contribution in [2.75, 3.05) is 19.3 Å². The maximum absolute atomic E-state index is 11.6. The predicted octanol–water partition coefficient (Wildman–Crippen LogP) is 1.45. The third-order valence-electron chi connectivity index (χ3n) is 3.89. The summed E-state index contributed by atoms with van der Waals surface area (Å²) in [4.78, 5) is 4.17. The van der Waals surface area contributed by atoms with E-state index in [1.54, 1.807) is 10.5 Å². The zero-order valence-electron chi connectivity index (χ0n) is 12.1. The number of nitrogens with two attached hydrogens (primary N) is 1. The Labute approximate surface area is 121 Å². The average molecular weight is 297 g/mol. The van der Waals surface area contributed by atoms with E-state index in [1.165, 1.54) is 6.26 Å². The molecule has 1 fully saturated rings. The van der Waals surface area contributed by atoms with Crippen LogP contribution in [0, 0.1) is 12.8 Å². The van der Waals surface area contributed by atoms with E-state index in [-0.39, 0.29) is 6.04 Å². The molecule has 2 atom stereocenters. The van der Waals surface area contributed by atoms with Crippen LogP contribution >= 0.6 is 0 Å². The van der Waals surface area contributed by atoms with E-state index >= 15 is 0 Å². The fourth-order valence-electron chi connectivity index (χ4n) is 2.81. The van der Waals surface area contributed by atoms with Crippen LogP contribution in [0.15, 0.2) is 18.3 Å². The Hall–Kier alpha value is -0.980. The Bertz CT molecular complexity index is 559. The van der Waals surface area contributed by atoms with E-state index in [2.05, 4.69) is 4.98 Å². The molecule has 1 aliphatic rings. The van der Waals surface area contributed by atoms with E-state index in [0.29, 0.717) is 19.0 Å². The first-order valence-electron chi connectivity index (χ1n) is 6.99. The molecule has 1 aromatic rings. The topological polar surface area (TPSA) is 76.3 Å². The highest BCUT2D eigenvalue weighted by atomic mass is 32.2. The van der Waals surface area contributed by atoms with Crippen LogP contribution in [0.2, 0.25) is 0 Å². The fourth-order valence-corrected chi connectivity index (χ4v) is 3.76. The van der Waals surface area contributed by atoms with E-state index in [0.717, 1.165) is 30.5 Å². The number of aromatic nitrogens is 1. The van der Waals surface area contributed by atoms with Crippen LogP contribution in [-0.2, 0) is 10.0 Å². The van der Waals surface area contributed by atoms with E-state index in [9.17, 15) is 8.42 Å². The lowest BCUT2D eigenvalue weighted by atomic mass is 9.90. The van der Waals surface area contributed by atoms with E-state index in [1.807, 2.05) is 19.1 Å². The van der Waals surface area contributed by atoms with Gasteiger partial charge in [0.25, 0.3) is 0 Å². The van der Waals surface area contributed by atoms with Gasteiger partial charge in [-0.15, -0.1) is 0 Å². The van der Waals surface area contributed by atoms with Crippen molar-refractivity contribution >= 4 is 10.0 Å². The zero-order chi connectivity index (χ0) is 14.8. The number of hydrogen-bond acceptors (Lipinski definition) is 4. The van der Waals surface area contributed by atoms with Crippen molar-refractivity contribution in [1.82, 2.24) is 9.29 Å². The molecule has 112 valence electrons. The largest absolute Gasteiger partial charge is 0.324 e. The molecule has 0 spiro atoms. The van der Waals surface area contributed by atoms with Crippen LogP contribution in [0.4, 0.5) is 0 Å². The third-order valence-corrected chi connectivity index (χ3v) is 5.16. The summed E-state index contributed by atoms with van der Waals surface area (Å²) in [5.41, 5.74) is 8.29. The van der Waals surface area contributed by atoms with Gasteiger partial charge in [-0.1, -0.05) is 0 Å². The molecular weight excluding hydrogens is 274 g/mol. The second-order valence-corrected chi connectivity index (χ2v) is 7.68. The van der Waals surface area contributed by atoms with Gasteiger partial charge in [0, 0.05) is 31.0 Å². The zero-order valence-corrected chi connectivity index (χ0v) is 12.9. The van der Waals surface area contributed by atoms with Gasteiger partial charge < -0.3 is 5.73 Å². The quantitative estimate of drug-likeness (QED) is 0.912. The van der Waals surface area contributed by atoms with Crippen molar-refractivity contribution in [3.63, 3.8) is 0 Å². The number of pyridine rings is 1. The minimum Gasteiger partial charge on any atom is -0.324 e. The maximum atomic E-state index is 11.6. The van der Waals surface area contributed by atoms with Crippen molar-refractivity contribution in [2.24, 2.45) is 11.7 Å². The minimum atomic E-state index is -3.08. The normalized spacial score (nSPS) is 22.6. The lowest BCUT2D eigenvalue weighted by Gasteiger charge is -2.32. The highest BCUT2D eigenvalue weighted by Crippen LogP contribution is 2.27. The Morgan fingerprint density at radius 3 is 2.95 bits per heavy atom. The van der Waals surface area contributed by atoms with Crippen molar-refractivity contribution in [3.05, 3.63) is 29.6 Å². The first-order chi connectivity index (χ1) is 9.36. The van der Waals surface area contributed by atoms with Gasteiger partial charge in [0.15, 0.2) is 0 Å². The SMILES string of the molecule is Cc1cc(C(N)CC2CCCN(S(C)(=O)=O)C2)ccn1. The maximum Gasteiger partial charge on any atom is 0.211 e. The van der Waals surface area contributed by atoms with Crippen LogP contribution in [-0.4, -0.2) is 37.1 Å². The summed E-state index contributed by atoms with van der Waals surface area (Å²) in [6.45, 7) is 3.18. The molecule has 20 heavy (non-hydrogen) atoms. The molecule has 1 saturated heterocycles. The second kappa shape index (κ2) is 6.20. The molecule has 6 heteroatoms. The monoisotopic (exact) mass is 297 g/mol. The van der Waals surface area contributed by atoms with Crippen LogP contribution in [0.25, 0.3) is 0 Å². The molecule has 0 amide bonds. The molecule has 2 N–H and O–H groups in total. The number of hydrogen-bond donors (Lipinski definition) is 1. The Balaban J connectivity index is 1.99. The summed E-state index contributed by atoms with van der Waals surface area (Å²) in [6.07, 6.45) is 5.83. The summed E-state index contributed by atoms with van der Waals surface area (Å²) < 4.78 is 24.8. The molecule has 0 aromatic carbocycles. The van der Waals surface area contributed by atoms with Gasteiger partial charge in [0.1, 0.15) is 0 Å². The van der Waals surface area contributed by atoms with E-state index < -0.39 is 10.0 Å². The fraction of sp³-hybridized carbons (Fsp3) is 0.643. The predicted molar refractivity (Wildman–Crippen MR) is 79.7 cm³/mol. The first kappa shape index (κ1) is 15.4. The standard InChI is InChI=1S/C14H23N3O2S/c1-11-8-13(5-6-16-11)14(15)9-12-4-3-7-17(10-12)20(2,18)19/h5-6,8,12,14H,3-4,7,9-10,15H2,1-2H3. The number of piperidine rings is 1. The Morgan fingerprint density at radius 2 is 2.30 bits per heavy atom. The van der Waals surface area contributed by atoms with Crippen LogP contribution in [0.5, 0.6) is 0 Å². The van der Waals surface area contributed by atoms with Crippen LogP contribution < -0.4 is 5.73 Å². The summed E-state index contributed by atoms with van der Waals surface area (Å²) in [5, 5.41) is 0. The number of rotatable bonds is 4. The minimum absolute atomic E-state index is 0.0544. The molecule has 0 saturated carbocycles. The first-order valence-corrected chi connectivity index (χ1v) is 8.84. The summed E-state index contributed by atoms with van der Waals surface area (Å²) in [7, 11) is -3.08. The smallest absolute Gasteiger partial charge is 0.211 e. The summed E-state index contributed by atoms with van der Waals surface area (Å²) in [5.74, 6) is 0.335. The molecule has 2 heterocycles. The molecule has 1 aliphatic heterocycles. The second-order valence-electron chi connectivity index (χ2n) is 5.70. The van der Waals surface area contributed by atoms with Crippen LogP contribution in [0.3, 0.4) is 0 Å². The summed E-state index contributed by atoms with van der Waals surface area (Å²) in [6, 6.07) is 3.89. The Morgan fingerprint density at radius 1 is 1.55 bits per heavy atom. The molecular formula is C14H23N3O2S. The molecule has 0 radical (unpaired) electrons. The van der Waals surface area contributed by atoms with Gasteiger partial charge in [0.2, 0.25) is 10.0 Å². The lowest BCUT2D eigenvalue weighted by molar-refractivity contribution is 0.247. The van der Waals surface area contributed by atoms with Gasteiger partial charge in [-0.3, -0.25) is 4.98 Å². The number of aryl methyl sites for hydroxylation is 1. The summed E-state index contributed by atoms with van der Waals surface area (Å²) >= 11 is 0. The Kier molecular flexibility index (Phi) is 4.78. The molecule has 0 bridgehead atoms. The van der Waals surface area contributed by atoms with Crippen molar-refractivity contribution in [3.8, 4) is 0 Å². The van der Waals surface area contributed by atoms with E-state index in [4.69, 9.17) is 5.73 Å². The highest BCUT2D eigenvalue weighted by molar-refractivity contribution is 7.88. The highest BCUT2D eigenvalue weighted by Gasteiger charge is 2.27. The van der Waals surface area contributed by atoms with Gasteiger partial charge in [-0.25, -0.2) is 12.7 Å². The number of sulfonamides is 1. The third kappa shape index (κ3) is 4.01. The van der Waals surface area contributed by atoms with Gasteiger partial charge >= 0.3 is 0 Å². The number of nitrogens with zero attached hydrogens (tertiary/aromatic N) is 2. The van der Waals surface area contributed by atoms with Gasteiger partial charge in [0.05, 0.1) is 6.26 Å². The average Bonchev–Trinajstić information content (AvgIpc) is 2.38. The molecule has 1 aromatic heterocycles. The van der Waals surface area contributed by atoms with Crippen molar-refractivity contribution in [2.45, 2.75) is 32.2 Å².